The molecule has 0 aliphatic rings. The zero-order valence-electron chi connectivity index (χ0n) is 8.53. The molecule has 0 fully saturated rings. The molecule has 0 bridgehead atoms. The molecule has 15 heavy (non-hydrogen) atoms. The summed E-state index contributed by atoms with van der Waals surface area (Å²) in [6, 6.07) is 3.61. The van der Waals surface area contributed by atoms with Crippen molar-refractivity contribution in [1.82, 2.24) is 0 Å². The molecular weight excluding hydrogens is 309 g/mol. The second-order valence-electron chi connectivity index (χ2n) is 2.71. The number of oxime groups is 1. The number of rotatable bonds is 4. The Labute approximate surface area is 102 Å². The van der Waals surface area contributed by atoms with E-state index in [4.69, 9.17) is 14.7 Å². The van der Waals surface area contributed by atoms with Crippen molar-refractivity contribution in [3.05, 3.63) is 21.3 Å². The molecule has 0 saturated carbocycles. The van der Waals surface area contributed by atoms with Crippen molar-refractivity contribution in [2.45, 2.75) is 6.92 Å². The summed E-state index contributed by atoms with van der Waals surface area (Å²) in [6.45, 7) is 2.50. The topological polar surface area (TPSA) is 51.0 Å². The average molecular weight is 321 g/mol. The first-order valence-corrected chi connectivity index (χ1v) is 5.48. The summed E-state index contributed by atoms with van der Waals surface area (Å²) in [4.78, 5) is 0. The van der Waals surface area contributed by atoms with E-state index < -0.39 is 0 Å². The molecule has 1 aromatic carbocycles. The Morgan fingerprint density at radius 2 is 2.27 bits per heavy atom. The summed E-state index contributed by atoms with van der Waals surface area (Å²) >= 11 is 2.15. The molecule has 5 heteroatoms. The molecule has 0 radical (unpaired) electrons. The Bertz CT molecular complexity index is 366. The molecular formula is C10H12INO3. The summed E-state index contributed by atoms with van der Waals surface area (Å²) in [5.74, 6) is 1.36. The molecule has 0 aliphatic heterocycles. The van der Waals surface area contributed by atoms with Crippen molar-refractivity contribution < 1.29 is 14.7 Å². The molecule has 0 saturated heterocycles. The maximum absolute atomic E-state index is 8.44. The van der Waals surface area contributed by atoms with Gasteiger partial charge in [0.1, 0.15) is 0 Å². The van der Waals surface area contributed by atoms with Crippen molar-refractivity contribution in [3.63, 3.8) is 0 Å². The number of ether oxygens (including phenoxy) is 2. The highest BCUT2D eigenvalue weighted by molar-refractivity contribution is 14.1. The highest BCUT2D eigenvalue weighted by atomic mass is 127. The normalized spacial score (nSPS) is 10.6. The van der Waals surface area contributed by atoms with Gasteiger partial charge in [-0.2, -0.15) is 0 Å². The predicted octanol–water partition coefficient (Wildman–Crippen LogP) is 2.51. The summed E-state index contributed by atoms with van der Waals surface area (Å²) < 4.78 is 11.6. The van der Waals surface area contributed by atoms with E-state index in [1.54, 1.807) is 13.2 Å². The van der Waals surface area contributed by atoms with Gasteiger partial charge in [0.05, 0.1) is 23.5 Å². The minimum atomic E-state index is 0.583. The zero-order valence-corrected chi connectivity index (χ0v) is 10.7. The van der Waals surface area contributed by atoms with Gasteiger partial charge < -0.3 is 14.7 Å². The molecule has 0 spiro atoms. The van der Waals surface area contributed by atoms with Crippen LogP contribution in [0.2, 0.25) is 0 Å². The third kappa shape index (κ3) is 2.98. The van der Waals surface area contributed by atoms with Crippen LogP contribution < -0.4 is 9.47 Å². The van der Waals surface area contributed by atoms with Crippen LogP contribution in [0.1, 0.15) is 12.5 Å². The van der Waals surface area contributed by atoms with Gasteiger partial charge in [-0.3, -0.25) is 0 Å². The Morgan fingerprint density at radius 3 is 2.80 bits per heavy atom. The molecule has 0 amide bonds. The van der Waals surface area contributed by atoms with Crippen LogP contribution in [0.3, 0.4) is 0 Å². The van der Waals surface area contributed by atoms with Crippen LogP contribution in [0.5, 0.6) is 11.5 Å². The van der Waals surface area contributed by atoms with E-state index in [1.807, 2.05) is 13.0 Å². The number of hydrogen-bond acceptors (Lipinski definition) is 4. The molecule has 1 N–H and O–H groups in total. The fourth-order valence-electron chi connectivity index (χ4n) is 1.17. The molecule has 0 aliphatic carbocycles. The lowest BCUT2D eigenvalue weighted by Crippen LogP contribution is -1.99. The van der Waals surface area contributed by atoms with Gasteiger partial charge in [-0.15, -0.1) is 0 Å². The minimum Gasteiger partial charge on any atom is -0.493 e. The van der Waals surface area contributed by atoms with Crippen LogP contribution in [0, 0.1) is 3.57 Å². The number of hydrogen-bond donors (Lipinski definition) is 1. The third-order valence-electron chi connectivity index (χ3n) is 1.75. The van der Waals surface area contributed by atoms with Crippen LogP contribution in [0.4, 0.5) is 0 Å². The maximum atomic E-state index is 8.44. The fourth-order valence-corrected chi connectivity index (χ4v) is 1.95. The van der Waals surface area contributed by atoms with Crippen LogP contribution in [-0.4, -0.2) is 25.1 Å². The van der Waals surface area contributed by atoms with Crippen molar-refractivity contribution in [3.8, 4) is 11.5 Å². The maximum Gasteiger partial charge on any atom is 0.174 e. The van der Waals surface area contributed by atoms with E-state index in [2.05, 4.69) is 27.7 Å². The molecule has 0 atom stereocenters. The fraction of sp³-hybridized carbons (Fsp3) is 0.300. The molecule has 0 unspecified atom stereocenters. The lowest BCUT2D eigenvalue weighted by atomic mass is 10.2. The molecule has 0 aromatic heterocycles. The first-order valence-electron chi connectivity index (χ1n) is 4.40. The highest BCUT2D eigenvalue weighted by Crippen LogP contribution is 2.33. The first-order chi connectivity index (χ1) is 7.22. The smallest absolute Gasteiger partial charge is 0.174 e. The van der Waals surface area contributed by atoms with Crippen LogP contribution in [-0.2, 0) is 0 Å². The lowest BCUT2D eigenvalue weighted by Gasteiger charge is -2.11. The van der Waals surface area contributed by atoms with E-state index in [9.17, 15) is 0 Å². The van der Waals surface area contributed by atoms with E-state index in [0.717, 1.165) is 14.9 Å². The van der Waals surface area contributed by atoms with Crippen LogP contribution >= 0.6 is 22.6 Å². The molecule has 4 nitrogen and oxygen atoms in total. The second-order valence-corrected chi connectivity index (χ2v) is 3.87. The Hall–Kier alpha value is -0.980. The van der Waals surface area contributed by atoms with Gasteiger partial charge in [0, 0.05) is 5.56 Å². The van der Waals surface area contributed by atoms with E-state index in [-0.39, 0.29) is 0 Å². The highest BCUT2D eigenvalue weighted by Gasteiger charge is 2.10. The van der Waals surface area contributed by atoms with E-state index >= 15 is 0 Å². The number of halogens is 1. The van der Waals surface area contributed by atoms with Gasteiger partial charge in [0.15, 0.2) is 11.5 Å². The molecule has 1 rings (SSSR count). The predicted molar refractivity (Wildman–Crippen MR) is 66.3 cm³/mol. The number of methoxy groups -OCH3 is 1. The average Bonchev–Trinajstić information content (AvgIpc) is 2.22. The number of nitrogens with zero attached hydrogens (tertiary/aromatic N) is 1. The van der Waals surface area contributed by atoms with Gasteiger partial charge in [-0.1, -0.05) is 5.16 Å². The largest absolute Gasteiger partial charge is 0.493 e. The SMILES string of the molecule is CCOc1c(I)cc(/C=N/O)cc1OC. The van der Waals surface area contributed by atoms with Crippen LogP contribution in [0.25, 0.3) is 0 Å². The van der Waals surface area contributed by atoms with Gasteiger partial charge in [0.25, 0.3) is 0 Å². The van der Waals surface area contributed by atoms with Crippen molar-refractivity contribution in [2.75, 3.05) is 13.7 Å². The number of benzene rings is 1. The van der Waals surface area contributed by atoms with Crippen molar-refractivity contribution in [1.29, 1.82) is 0 Å². The summed E-state index contributed by atoms with van der Waals surface area (Å²) in [5.41, 5.74) is 0.766. The van der Waals surface area contributed by atoms with E-state index in [1.165, 1.54) is 6.21 Å². The van der Waals surface area contributed by atoms with Crippen molar-refractivity contribution in [2.24, 2.45) is 5.16 Å². The Kier molecular flexibility index (Phi) is 4.67. The lowest BCUT2D eigenvalue weighted by molar-refractivity contribution is 0.308. The summed E-state index contributed by atoms with van der Waals surface area (Å²) in [6.07, 6.45) is 1.35. The van der Waals surface area contributed by atoms with Gasteiger partial charge >= 0.3 is 0 Å². The van der Waals surface area contributed by atoms with Gasteiger partial charge in [0.2, 0.25) is 0 Å². The summed E-state index contributed by atoms with van der Waals surface area (Å²) in [7, 11) is 1.58. The van der Waals surface area contributed by atoms with Crippen molar-refractivity contribution >= 4 is 28.8 Å². The summed E-state index contributed by atoms with van der Waals surface area (Å²) in [5, 5.41) is 11.4. The second kappa shape index (κ2) is 5.79. The Balaban J connectivity index is 3.17. The third-order valence-corrected chi connectivity index (χ3v) is 2.55. The zero-order chi connectivity index (χ0) is 11.3. The first kappa shape index (κ1) is 12.1. The van der Waals surface area contributed by atoms with Crippen LogP contribution in [0.15, 0.2) is 17.3 Å². The molecule has 82 valence electrons. The van der Waals surface area contributed by atoms with Gasteiger partial charge in [-0.05, 0) is 41.6 Å². The Morgan fingerprint density at radius 1 is 1.53 bits per heavy atom. The molecule has 0 heterocycles. The molecule has 1 aromatic rings. The van der Waals surface area contributed by atoms with Gasteiger partial charge in [-0.25, -0.2) is 0 Å². The monoisotopic (exact) mass is 321 g/mol. The van der Waals surface area contributed by atoms with E-state index in [0.29, 0.717) is 12.4 Å². The standard InChI is InChI=1S/C10H12INO3/c1-3-15-10-8(11)4-7(6-12-13)5-9(10)14-2/h4-6,13H,3H2,1-2H3/b12-6+. The quantitative estimate of drug-likeness (QED) is 0.401. The minimum absolute atomic E-state index is 0.583.